The molecule has 2 rings (SSSR count). The standard InChI is InChI=1S/C17H21BrN4OS.HI/c1-12-6-9-24-15(12)11-22-17(19-2)21-8-7-20-16(23)13-4-3-5-14(18)10-13;/h3-6,9-10H,7-8,11H2,1-2H3,(H,20,23)(H2,19,21,22);1H. The number of benzene rings is 1. The normalized spacial score (nSPS) is 10.8. The second kappa shape index (κ2) is 11.5. The van der Waals surface area contributed by atoms with Crippen molar-refractivity contribution in [2.45, 2.75) is 13.5 Å². The summed E-state index contributed by atoms with van der Waals surface area (Å²) < 4.78 is 0.891. The van der Waals surface area contributed by atoms with Crippen LogP contribution in [-0.2, 0) is 6.54 Å². The molecule has 1 heterocycles. The van der Waals surface area contributed by atoms with Crippen molar-refractivity contribution in [2.75, 3.05) is 20.1 Å². The van der Waals surface area contributed by atoms with Gasteiger partial charge in [-0.1, -0.05) is 22.0 Å². The summed E-state index contributed by atoms with van der Waals surface area (Å²) in [4.78, 5) is 17.5. The Balaban J connectivity index is 0.00000312. The number of nitrogens with zero attached hydrogens (tertiary/aromatic N) is 1. The molecule has 0 spiro atoms. The Labute approximate surface area is 177 Å². The number of carbonyl (C=O) groups excluding carboxylic acids is 1. The number of guanidine groups is 1. The van der Waals surface area contributed by atoms with Gasteiger partial charge in [-0.05, 0) is 42.1 Å². The lowest BCUT2D eigenvalue weighted by atomic mass is 10.2. The molecule has 1 aromatic carbocycles. The molecular weight excluding hydrogens is 515 g/mol. The minimum atomic E-state index is -0.0877. The summed E-state index contributed by atoms with van der Waals surface area (Å²) in [6.07, 6.45) is 0. The number of carbonyl (C=O) groups is 1. The number of thiophene rings is 1. The van der Waals surface area contributed by atoms with Gasteiger partial charge in [0.1, 0.15) is 0 Å². The third kappa shape index (κ3) is 7.33. The molecular formula is C17H22BrIN4OS. The van der Waals surface area contributed by atoms with Crippen LogP contribution in [0.1, 0.15) is 20.8 Å². The highest BCUT2D eigenvalue weighted by molar-refractivity contribution is 14.0. The Morgan fingerprint density at radius 3 is 2.60 bits per heavy atom. The first kappa shape index (κ1) is 21.9. The van der Waals surface area contributed by atoms with Crippen LogP contribution in [0, 0.1) is 6.92 Å². The molecule has 1 aromatic heterocycles. The van der Waals surface area contributed by atoms with Crippen LogP contribution in [0.5, 0.6) is 0 Å². The topological polar surface area (TPSA) is 65.5 Å². The second-order valence-electron chi connectivity index (χ2n) is 5.15. The maximum atomic E-state index is 12.0. The van der Waals surface area contributed by atoms with Gasteiger partial charge in [-0.25, -0.2) is 0 Å². The number of rotatable bonds is 6. The first-order valence-corrected chi connectivity index (χ1v) is 9.28. The highest BCUT2D eigenvalue weighted by atomic mass is 127. The van der Waals surface area contributed by atoms with Crippen molar-refractivity contribution in [1.82, 2.24) is 16.0 Å². The molecule has 0 radical (unpaired) electrons. The highest BCUT2D eigenvalue weighted by Crippen LogP contribution is 2.14. The van der Waals surface area contributed by atoms with Crippen LogP contribution in [0.15, 0.2) is 45.2 Å². The zero-order valence-corrected chi connectivity index (χ0v) is 18.9. The molecule has 2 aromatic rings. The van der Waals surface area contributed by atoms with E-state index < -0.39 is 0 Å². The fourth-order valence-corrected chi connectivity index (χ4v) is 3.30. The van der Waals surface area contributed by atoms with E-state index in [4.69, 9.17) is 0 Å². The van der Waals surface area contributed by atoms with Gasteiger partial charge in [0.05, 0.1) is 6.54 Å². The molecule has 3 N–H and O–H groups in total. The quantitative estimate of drug-likeness (QED) is 0.229. The summed E-state index contributed by atoms with van der Waals surface area (Å²) in [6, 6.07) is 9.43. The van der Waals surface area contributed by atoms with E-state index in [1.165, 1.54) is 10.4 Å². The van der Waals surface area contributed by atoms with Crippen LogP contribution >= 0.6 is 51.2 Å². The minimum Gasteiger partial charge on any atom is -0.355 e. The van der Waals surface area contributed by atoms with E-state index in [2.05, 4.69) is 55.2 Å². The van der Waals surface area contributed by atoms with Gasteiger partial charge in [0.25, 0.3) is 5.91 Å². The Bertz CT molecular complexity index is 720. The smallest absolute Gasteiger partial charge is 0.251 e. The summed E-state index contributed by atoms with van der Waals surface area (Å²) in [7, 11) is 1.73. The van der Waals surface area contributed by atoms with E-state index in [9.17, 15) is 4.79 Å². The van der Waals surface area contributed by atoms with E-state index in [0.29, 0.717) is 18.7 Å². The summed E-state index contributed by atoms with van der Waals surface area (Å²) in [6.45, 7) is 3.96. The van der Waals surface area contributed by atoms with Gasteiger partial charge in [-0.15, -0.1) is 35.3 Å². The molecule has 0 bridgehead atoms. The number of hydrogen-bond acceptors (Lipinski definition) is 3. The fraction of sp³-hybridized carbons (Fsp3) is 0.294. The predicted octanol–water partition coefficient (Wildman–Crippen LogP) is 3.53. The molecule has 0 aliphatic heterocycles. The van der Waals surface area contributed by atoms with E-state index in [0.717, 1.165) is 17.0 Å². The average molecular weight is 537 g/mol. The van der Waals surface area contributed by atoms with Gasteiger partial charge in [-0.3, -0.25) is 9.79 Å². The van der Waals surface area contributed by atoms with Crippen molar-refractivity contribution in [3.63, 3.8) is 0 Å². The summed E-state index contributed by atoms with van der Waals surface area (Å²) in [5.74, 6) is 0.634. The van der Waals surface area contributed by atoms with Crippen LogP contribution in [0.3, 0.4) is 0 Å². The van der Waals surface area contributed by atoms with Gasteiger partial charge in [0.2, 0.25) is 0 Å². The van der Waals surface area contributed by atoms with Gasteiger partial charge in [-0.2, -0.15) is 0 Å². The maximum absolute atomic E-state index is 12.0. The van der Waals surface area contributed by atoms with Crippen LogP contribution in [0.4, 0.5) is 0 Å². The summed E-state index contributed by atoms with van der Waals surface area (Å²) >= 11 is 5.09. The molecule has 0 saturated carbocycles. The third-order valence-electron chi connectivity index (χ3n) is 3.40. The number of aryl methyl sites for hydroxylation is 1. The fourth-order valence-electron chi connectivity index (χ4n) is 2.06. The van der Waals surface area contributed by atoms with Crippen molar-refractivity contribution < 1.29 is 4.79 Å². The van der Waals surface area contributed by atoms with Crippen LogP contribution in [-0.4, -0.2) is 32.0 Å². The SMILES string of the molecule is CN=C(NCCNC(=O)c1cccc(Br)c1)NCc1sccc1C.I. The largest absolute Gasteiger partial charge is 0.355 e. The molecule has 0 unspecified atom stereocenters. The van der Waals surface area contributed by atoms with E-state index >= 15 is 0 Å². The first-order chi connectivity index (χ1) is 11.6. The van der Waals surface area contributed by atoms with Crippen LogP contribution in [0.2, 0.25) is 0 Å². The van der Waals surface area contributed by atoms with Gasteiger partial charge >= 0.3 is 0 Å². The lowest BCUT2D eigenvalue weighted by Gasteiger charge is -2.12. The number of nitrogens with one attached hydrogen (secondary N) is 3. The molecule has 0 atom stereocenters. The number of amides is 1. The Kier molecular flexibility index (Phi) is 10.1. The van der Waals surface area contributed by atoms with Crippen molar-refractivity contribution in [1.29, 1.82) is 0 Å². The van der Waals surface area contributed by atoms with Gasteiger partial charge in [0, 0.05) is 35.1 Å². The third-order valence-corrected chi connectivity index (χ3v) is 4.91. The summed E-state index contributed by atoms with van der Waals surface area (Å²) in [5, 5.41) is 11.4. The monoisotopic (exact) mass is 536 g/mol. The first-order valence-electron chi connectivity index (χ1n) is 7.61. The van der Waals surface area contributed by atoms with Gasteiger partial charge < -0.3 is 16.0 Å². The number of hydrogen-bond donors (Lipinski definition) is 3. The van der Waals surface area contributed by atoms with Crippen LogP contribution in [0.25, 0.3) is 0 Å². The number of aliphatic imine (C=N–C) groups is 1. The van der Waals surface area contributed by atoms with Crippen molar-refractivity contribution in [3.8, 4) is 0 Å². The molecule has 136 valence electrons. The molecule has 0 aliphatic carbocycles. The van der Waals surface area contributed by atoms with E-state index in [1.807, 2.05) is 12.1 Å². The molecule has 1 amide bonds. The lowest BCUT2D eigenvalue weighted by Crippen LogP contribution is -2.41. The summed E-state index contributed by atoms with van der Waals surface area (Å²) in [5.41, 5.74) is 1.92. The minimum absolute atomic E-state index is 0. The molecule has 5 nitrogen and oxygen atoms in total. The zero-order chi connectivity index (χ0) is 17.4. The Morgan fingerprint density at radius 2 is 1.96 bits per heavy atom. The van der Waals surface area contributed by atoms with E-state index in [1.54, 1.807) is 30.5 Å². The van der Waals surface area contributed by atoms with Crippen molar-refractivity contribution in [2.24, 2.45) is 4.99 Å². The Morgan fingerprint density at radius 1 is 1.20 bits per heavy atom. The molecule has 25 heavy (non-hydrogen) atoms. The van der Waals surface area contributed by atoms with Crippen LogP contribution < -0.4 is 16.0 Å². The second-order valence-corrected chi connectivity index (χ2v) is 7.06. The molecule has 0 saturated heterocycles. The van der Waals surface area contributed by atoms with Crippen molar-refractivity contribution in [3.05, 3.63) is 56.2 Å². The average Bonchev–Trinajstić information content (AvgIpc) is 2.99. The Hall–Kier alpha value is -1.13. The van der Waals surface area contributed by atoms with Gasteiger partial charge in [0.15, 0.2) is 5.96 Å². The predicted molar refractivity (Wildman–Crippen MR) is 119 cm³/mol. The number of halogens is 2. The zero-order valence-electron chi connectivity index (χ0n) is 14.1. The molecule has 0 fully saturated rings. The highest BCUT2D eigenvalue weighted by Gasteiger charge is 2.05. The molecule has 0 aliphatic rings. The molecule has 8 heteroatoms. The maximum Gasteiger partial charge on any atom is 0.251 e. The van der Waals surface area contributed by atoms with E-state index in [-0.39, 0.29) is 29.9 Å². The lowest BCUT2D eigenvalue weighted by molar-refractivity contribution is 0.0954. The van der Waals surface area contributed by atoms with Crippen molar-refractivity contribution >= 4 is 63.1 Å².